The third-order valence-electron chi connectivity index (χ3n) is 7.44. The predicted molar refractivity (Wildman–Crippen MR) is 154 cm³/mol. The molecule has 2 heterocycles. The van der Waals surface area contributed by atoms with Crippen LogP contribution in [0.25, 0.3) is 22.0 Å². The molecule has 0 unspecified atom stereocenters. The van der Waals surface area contributed by atoms with Gasteiger partial charge in [0.2, 0.25) is 0 Å². The molecule has 5 rings (SSSR count). The summed E-state index contributed by atoms with van der Waals surface area (Å²) in [4.78, 5) is 16.1. The Morgan fingerprint density at radius 3 is 2.23 bits per heavy atom. The Bertz CT molecular complexity index is 1520. The second-order valence-corrected chi connectivity index (χ2v) is 10.1. The van der Waals surface area contributed by atoms with Crippen LogP contribution in [0.4, 0.5) is 0 Å². The molecule has 0 radical (unpaired) electrons. The molecular formula is C32H36N2O5. The monoisotopic (exact) mass is 528 g/mol. The van der Waals surface area contributed by atoms with E-state index in [4.69, 9.17) is 18.9 Å². The first kappa shape index (κ1) is 26.8. The van der Waals surface area contributed by atoms with Gasteiger partial charge in [-0.3, -0.25) is 9.69 Å². The maximum Gasteiger partial charge on any atom is 0.262 e. The summed E-state index contributed by atoms with van der Waals surface area (Å²) >= 11 is 0. The zero-order chi connectivity index (χ0) is 27.5. The molecule has 0 saturated carbocycles. The fraction of sp³-hybridized carbons (Fsp3) is 0.344. The SMILES string of the molecule is COc1cc2cc(-c3cc(C)c(OCc4ccccc4)c(C)c3)n(C)c(=O)c2c(OC)c1CN1CCOCC1. The van der Waals surface area contributed by atoms with Crippen LogP contribution in [0.3, 0.4) is 0 Å². The van der Waals surface area contributed by atoms with Crippen LogP contribution in [0.15, 0.2) is 59.4 Å². The Kier molecular flexibility index (Phi) is 7.91. The van der Waals surface area contributed by atoms with Gasteiger partial charge >= 0.3 is 0 Å². The molecule has 1 aromatic heterocycles. The summed E-state index contributed by atoms with van der Waals surface area (Å²) < 4.78 is 25.1. The van der Waals surface area contributed by atoms with Crippen LogP contribution in [0.2, 0.25) is 0 Å². The molecule has 204 valence electrons. The Hall–Kier alpha value is -3.81. The number of hydrogen-bond acceptors (Lipinski definition) is 6. The number of morpholine rings is 1. The van der Waals surface area contributed by atoms with Gasteiger partial charge in [0.05, 0.1) is 44.1 Å². The van der Waals surface area contributed by atoms with Gasteiger partial charge in [0, 0.05) is 26.7 Å². The van der Waals surface area contributed by atoms with Crippen molar-refractivity contribution in [2.45, 2.75) is 27.0 Å². The predicted octanol–water partition coefficient (Wildman–Crippen LogP) is 5.25. The second-order valence-electron chi connectivity index (χ2n) is 10.1. The number of fused-ring (bicyclic) bond motifs is 1. The standard InChI is InChI=1S/C32H36N2O5/c1-21-15-24(16-22(2)30(21)39-20-23-9-7-6-8-10-23)27-17-25-18-28(36-4)26(19-34-11-13-38-14-12-34)31(37-5)29(25)32(35)33(27)3/h6-10,15-18H,11-14,19-20H2,1-5H3. The number of rotatable bonds is 8. The van der Waals surface area contributed by atoms with E-state index in [1.807, 2.05) is 51.2 Å². The van der Waals surface area contributed by atoms with E-state index >= 15 is 0 Å². The third-order valence-corrected chi connectivity index (χ3v) is 7.44. The van der Waals surface area contributed by atoms with Gasteiger partial charge in [-0.15, -0.1) is 0 Å². The minimum atomic E-state index is -0.107. The summed E-state index contributed by atoms with van der Waals surface area (Å²) in [6.07, 6.45) is 0. The first-order valence-electron chi connectivity index (χ1n) is 13.3. The van der Waals surface area contributed by atoms with Gasteiger partial charge in [-0.05, 0) is 65.8 Å². The molecule has 3 aromatic carbocycles. The summed E-state index contributed by atoms with van der Waals surface area (Å²) in [5.41, 5.74) is 5.70. The molecule has 0 aliphatic carbocycles. The minimum absolute atomic E-state index is 0.107. The van der Waals surface area contributed by atoms with Gasteiger partial charge in [0.25, 0.3) is 5.56 Å². The lowest BCUT2D eigenvalue weighted by atomic mass is 9.99. The fourth-order valence-electron chi connectivity index (χ4n) is 5.42. The van der Waals surface area contributed by atoms with Crippen LogP contribution >= 0.6 is 0 Å². The maximum absolute atomic E-state index is 13.8. The largest absolute Gasteiger partial charge is 0.496 e. The lowest BCUT2D eigenvalue weighted by Crippen LogP contribution is -2.36. The van der Waals surface area contributed by atoms with Crippen molar-refractivity contribution in [2.75, 3.05) is 40.5 Å². The number of aryl methyl sites for hydroxylation is 2. The molecule has 0 N–H and O–H groups in total. The normalized spacial score (nSPS) is 14.0. The smallest absolute Gasteiger partial charge is 0.262 e. The van der Waals surface area contributed by atoms with Gasteiger partial charge in [0.15, 0.2) is 0 Å². The van der Waals surface area contributed by atoms with Crippen LogP contribution in [-0.4, -0.2) is 50.0 Å². The number of pyridine rings is 1. The van der Waals surface area contributed by atoms with E-state index in [0.717, 1.165) is 57.7 Å². The zero-order valence-electron chi connectivity index (χ0n) is 23.4. The summed E-state index contributed by atoms with van der Waals surface area (Å²) in [6, 6.07) is 18.3. The number of aromatic nitrogens is 1. The van der Waals surface area contributed by atoms with Gasteiger partial charge in [0.1, 0.15) is 23.9 Å². The Balaban J connectivity index is 1.56. The van der Waals surface area contributed by atoms with Crippen LogP contribution in [0, 0.1) is 13.8 Å². The zero-order valence-corrected chi connectivity index (χ0v) is 23.4. The number of hydrogen-bond donors (Lipinski definition) is 0. The molecule has 1 saturated heterocycles. The summed E-state index contributed by atoms with van der Waals surface area (Å²) in [5.74, 6) is 2.14. The van der Waals surface area contributed by atoms with Gasteiger partial charge < -0.3 is 23.5 Å². The average molecular weight is 529 g/mol. The Morgan fingerprint density at radius 2 is 1.59 bits per heavy atom. The van der Waals surface area contributed by atoms with Crippen molar-refractivity contribution < 1.29 is 18.9 Å². The van der Waals surface area contributed by atoms with Gasteiger partial charge in [-0.2, -0.15) is 0 Å². The van der Waals surface area contributed by atoms with E-state index in [2.05, 4.69) is 29.2 Å². The number of benzene rings is 3. The molecule has 39 heavy (non-hydrogen) atoms. The lowest BCUT2D eigenvalue weighted by Gasteiger charge is -2.28. The van der Waals surface area contributed by atoms with E-state index in [9.17, 15) is 4.79 Å². The molecule has 4 aromatic rings. The van der Waals surface area contributed by atoms with Crippen LogP contribution in [-0.2, 0) is 24.9 Å². The van der Waals surface area contributed by atoms with Crippen molar-refractivity contribution in [1.82, 2.24) is 9.47 Å². The highest BCUT2D eigenvalue weighted by Gasteiger charge is 2.23. The van der Waals surface area contributed by atoms with Crippen LogP contribution < -0.4 is 19.8 Å². The number of ether oxygens (including phenoxy) is 4. The maximum atomic E-state index is 13.8. The van der Waals surface area contributed by atoms with E-state index in [0.29, 0.717) is 43.3 Å². The molecule has 0 amide bonds. The van der Waals surface area contributed by atoms with E-state index in [-0.39, 0.29) is 5.56 Å². The molecule has 7 heteroatoms. The molecule has 1 fully saturated rings. The Morgan fingerprint density at radius 1 is 0.897 bits per heavy atom. The van der Waals surface area contributed by atoms with Crippen molar-refractivity contribution in [3.05, 3.63) is 87.2 Å². The fourth-order valence-corrected chi connectivity index (χ4v) is 5.42. The molecule has 0 atom stereocenters. The van der Waals surface area contributed by atoms with Crippen LogP contribution in [0.1, 0.15) is 22.3 Å². The third kappa shape index (κ3) is 5.37. The molecule has 1 aliphatic heterocycles. The molecule has 1 aliphatic rings. The highest BCUT2D eigenvalue weighted by Crippen LogP contribution is 2.38. The van der Waals surface area contributed by atoms with Crippen LogP contribution in [0.5, 0.6) is 17.2 Å². The van der Waals surface area contributed by atoms with Crippen molar-refractivity contribution in [2.24, 2.45) is 7.05 Å². The van der Waals surface area contributed by atoms with E-state index in [1.165, 1.54) is 0 Å². The number of nitrogens with zero attached hydrogens (tertiary/aromatic N) is 2. The summed E-state index contributed by atoms with van der Waals surface area (Å²) in [6.45, 7) is 8.24. The van der Waals surface area contributed by atoms with E-state index < -0.39 is 0 Å². The molecule has 7 nitrogen and oxygen atoms in total. The summed E-state index contributed by atoms with van der Waals surface area (Å²) in [7, 11) is 5.09. The summed E-state index contributed by atoms with van der Waals surface area (Å²) in [5, 5.41) is 1.34. The van der Waals surface area contributed by atoms with Crippen molar-refractivity contribution in [3.8, 4) is 28.5 Å². The van der Waals surface area contributed by atoms with Crippen molar-refractivity contribution in [1.29, 1.82) is 0 Å². The highest BCUT2D eigenvalue weighted by atomic mass is 16.5. The number of methoxy groups -OCH3 is 2. The van der Waals surface area contributed by atoms with Gasteiger partial charge in [-0.25, -0.2) is 0 Å². The first-order chi connectivity index (χ1) is 18.9. The minimum Gasteiger partial charge on any atom is -0.496 e. The van der Waals surface area contributed by atoms with Crippen molar-refractivity contribution in [3.63, 3.8) is 0 Å². The van der Waals surface area contributed by atoms with E-state index in [1.54, 1.807) is 18.8 Å². The first-order valence-corrected chi connectivity index (χ1v) is 13.3. The molecular weight excluding hydrogens is 492 g/mol. The Labute approximate surface area is 229 Å². The average Bonchev–Trinajstić information content (AvgIpc) is 2.95. The highest BCUT2D eigenvalue weighted by molar-refractivity contribution is 5.93. The lowest BCUT2D eigenvalue weighted by molar-refractivity contribution is 0.0336. The molecule has 0 bridgehead atoms. The van der Waals surface area contributed by atoms with Crippen molar-refractivity contribution >= 4 is 10.8 Å². The topological polar surface area (TPSA) is 62.2 Å². The van der Waals surface area contributed by atoms with Gasteiger partial charge in [-0.1, -0.05) is 30.3 Å². The molecule has 0 spiro atoms. The second kappa shape index (κ2) is 11.5. The quantitative estimate of drug-likeness (QED) is 0.311.